The Morgan fingerprint density at radius 1 is 1.50 bits per heavy atom. The number of hydrogen-bond donors (Lipinski definition) is 1. The Labute approximate surface area is 103 Å². The van der Waals surface area contributed by atoms with Crippen LogP contribution in [0, 0.1) is 5.92 Å². The third kappa shape index (κ3) is 4.74. The number of ether oxygens (including phenoxy) is 1. The van der Waals surface area contributed by atoms with Crippen molar-refractivity contribution in [3.63, 3.8) is 0 Å². The first-order chi connectivity index (χ1) is 7.77. The molecular formula is C12H23NO2S. The van der Waals surface area contributed by atoms with Crippen LogP contribution in [-0.2, 0) is 9.53 Å². The van der Waals surface area contributed by atoms with Crippen LogP contribution < -0.4 is 5.32 Å². The van der Waals surface area contributed by atoms with Crippen LogP contribution in [0.4, 0.5) is 0 Å². The molecule has 1 rings (SSSR count). The van der Waals surface area contributed by atoms with E-state index in [0.29, 0.717) is 12.6 Å². The normalized spacial score (nSPS) is 25.4. The van der Waals surface area contributed by atoms with Gasteiger partial charge in [-0.25, -0.2) is 0 Å². The third-order valence-corrected chi connectivity index (χ3v) is 3.65. The quantitative estimate of drug-likeness (QED) is 0.574. The van der Waals surface area contributed by atoms with Crippen molar-refractivity contribution in [1.29, 1.82) is 0 Å². The predicted octanol–water partition coefficient (Wildman–Crippen LogP) is 2.06. The van der Waals surface area contributed by atoms with Crippen LogP contribution in [0.3, 0.4) is 0 Å². The Morgan fingerprint density at radius 2 is 2.31 bits per heavy atom. The standard InChI is InChI=1S/C12H23NO2S/c1-3-15-12(14)10-5-4-6-11(9-10)13-7-8-16-2/h10-11,13H,3-9H2,1-2H3. The van der Waals surface area contributed by atoms with Crippen molar-refractivity contribution in [3.05, 3.63) is 0 Å². The molecule has 94 valence electrons. The van der Waals surface area contributed by atoms with Crippen molar-refractivity contribution in [2.75, 3.05) is 25.2 Å². The first-order valence-corrected chi connectivity index (χ1v) is 7.56. The van der Waals surface area contributed by atoms with E-state index in [1.165, 1.54) is 6.42 Å². The van der Waals surface area contributed by atoms with Crippen LogP contribution in [0.2, 0.25) is 0 Å². The average molecular weight is 245 g/mol. The fraction of sp³-hybridized carbons (Fsp3) is 0.917. The van der Waals surface area contributed by atoms with Crippen LogP contribution in [-0.4, -0.2) is 37.2 Å². The zero-order valence-corrected chi connectivity index (χ0v) is 11.1. The van der Waals surface area contributed by atoms with Crippen LogP contribution in [0.5, 0.6) is 0 Å². The van der Waals surface area contributed by atoms with Gasteiger partial charge in [-0.3, -0.25) is 4.79 Å². The first kappa shape index (κ1) is 13.8. The Hall–Kier alpha value is -0.220. The summed E-state index contributed by atoms with van der Waals surface area (Å²) in [6, 6.07) is 0.510. The van der Waals surface area contributed by atoms with Gasteiger partial charge in [-0.1, -0.05) is 6.42 Å². The second-order valence-corrected chi connectivity index (χ2v) is 5.25. The zero-order valence-electron chi connectivity index (χ0n) is 10.3. The number of carbonyl (C=O) groups excluding carboxylic acids is 1. The van der Waals surface area contributed by atoms with Gasteiger partial charge in [0.1, 0.15) is 0 Å². The molecule has 1 fully saturated rings. The summed E-state index contributed by atoms with van der Waals surface area (Å²) in [6.07, 6.45) is 6.40. The Morgan fingerprint density at radius 3 is 3.00 bits per heavy atom. The highest BCUT2D eigenvalue weighted by atomic mass is 32.2. The first-order valence-electron chi connectivity index (χ1n) is 6.16. The predicted molar refractivity (Wildman–Crippen MR) is 68.8 cm³/mol. The lowest BCUT2D eigenvalue weighted by atomic mass is 9.86. The van der Waals surface area contributed by atoms with Gasteiger partial charge in [0, 0.05) is 18.3 Å². The van der Waals surface area contributed by atoms with Gasteiger partial charge in [-0.2, -0.15) is 11.8 Å². The Balaban J connectivity index is 2.26. The fourth-order valence-corrected chi connectivity index (χ4v) is 2.54. The van der Waals surface area contributed by atoms with Crippen molar-refractivity contribution in [3.8, 4) is 0 Å². The van der Waals surface area contributed by atoms with E-state index in [1.807, 2.05) is 18.7 Å². The van der Waals surface area contributed by atoms with E-state index in [0.717, 1.165) is 31.6 Å². The molecule has 4 heteroatoms. The number of rotatable bonds is 6. The average Bonchev–Trinajstić information content (AvgIpc) is 2.30. The summed E-state index contributed by atoms with van der Waals surface area (Å²) >= 11 is 1.85. The molecule has 0 radical (unpaired) electrons. The third-order valence-electron chi connectivity index (χ3n) is 3.03. The molecular weight excluding hydrogens is 222 g/mol. The van der Waals surface area contributed by atoms with E-state index in [9.17, 15) is 4.79 Å². The maximum atomic E-state index is 11.6. The highest BCUT2D eigenvalue weighted by Gasteiger charge is 2.27. The monoisotopic (exact) mass is 245 g/mol. The van der Waals surface area contributed by atoms with Gasteiger partial charge in [-0.15, -0.1) is 0 Å². The number of nitrogens with one attached hydrogen (secondary N) is 1. The van der Waals surface area contributed by atoms with E-state index >= 15 is 0 Å². The van der Waals surface area contributed by atoms with Gasteiger partial charge in [0.25, 0.3) is 0 Å². The Bertz CT molecular complexity index is 211. The van der Waals surface area contributed by atoms with Crippen molar-refractivity contribution < 1.29 is 9.53 Å². The highest BCUT2D eigenvalue weighted by molar-refractivity contribution is 7.98. The van der Waals surface area contributed by atoms with E-state index in [-0.39, 0.29) is 11.9 Å². The molecule has 2 atom stereocenters. The maximum absolute atomic E-state index is 11.6. The fourth-order valence-electron chi connectivity index (χ4n) is 2.21. The molecule has 0 aromatic heterocycles. The van der Waals surface area contributed by atoms with Gasteiger partial charge < -0.3 is 10.1 Å². The molecule has 0 spiro atoms. The molecule has 2 unspecified atom stereocenters. The molecule has 1 saturated carbocycles. The minimum absolute atomic E-state index is 0.00105. The highest BCUT2D eigenvalue weighted by Crippen LogP contribution is 2.25. The number of hydrogen-bond acceptors (Lipinski definition) is 4. The number of esters is 1. The lowest BCUT2D eigenvalue weighted by Crippen LogP contribution is -2.37. The Kier molecular flexibility index (Phi) is 6.88. The SMILES string of the molecule is CCOC(=O)C1CCCC(NCCSC)C1. The second-order valence-electron chi connectivity index (χ2n) is 4.26. The van der Waals surface area contributed by atoms with Crippen LogP contribution in [0.25, 0.3) is 0 Å². The van der Waals surface area contributed by atoms with Gasteiger partial charge in [0.15, 0.2) is 0 Å². The topological polar surface area (TPSA) is 38.3 Å². The van der Waals surface area contributed by atoms with E-state index in [2.05, 4.69) is 11.6 Å². The minimum Gasteiger partial charge on any atom is -0.466 e. The van der Waals surface area contributed by atoms with Gasteiger partial charge in [-0.05, 0) is 32.4 Å². The van der Waals surface area contributed by atoms with Crippen molar-refractivity contribution in [1.82, 2.24) is 5.32 Å². The summed E-state index contributed by atoms with van der Waals surface area (Å²) in [5, 5.41) is 3.52. The second kappa shape index (κ2) is 7.96. The molecule has 0 amide bonds. The van der Waals surface area contributed by atoms with E-state index in [1.54, 1.807) is 0 Å². The molecule has 0 aromatic carbocycles. The lowest BCUT2D eigenvalue weighted by Gasteiger charge is -2.28. The summed E-state index contributed by atoms with van der Waals surface area (Å²) in [4.78, 5) is 11.6. The number of thioether (sulfide) groups is 1. The van der Waals surface area contributed by atoms with Crippen LogP contribution in [0.1, 0.15) is 32.6 Å². The zero-order chi connectivity index (χ0) is 11.8. The molecule has 0 aliphatic heterocycles. The van der Waals surface area contributed by atoms with Gasteiger partial charge >= 0.3 is 5.97 Å². The maximum Gasteiger partial charge on any atom is 0.308 e. The van der Waals surface area contributed by atoms with Crippen molar-refractivity contribution in [2.24, 2.45) is 5.92 Å². The summed E-state index contributed by atoms with van der Waals surface area (Å²) in [7, 11) is 0. The molecule has 0 heterocycles. The van der Waals surface area contributed by atoms with Crippen molar-refractivity contribution in [2.45, 2.75) is 38.6 Å². The summed E-state index contributed by atoms with van der Waals surface area (Å²) in [5.41, 5.74) is 0. The summed E-state index contributed by atoms with van der Waals surface area (Å²) in [6.45, 7) is 3.41. The minimum atomic E-state index is -0.00105. The molecule has 16 heavy (non-hydrogen) atoms. The molecule has 1 N–H and O–H groups in total. The van der Waals surface area contributed by atoms with Gasteiger partial charge in [0.2, 0.25) is 0 Å². The molecule has 1 aliphatic rings. The molecule has 0 aromatic rings. The van der Waals surface area contributed by atoms with Crippen LogP contribution in [0.15, 0.2) is 0 Å². The van der Waals surface area contributed by atoms with E-state index in [4.69, 9.17) is 4.74 Å². The molecule has 3 nitrogen and oxygen atoms in total. The number of carbonyl (C=O) groups is 1. The van der Waals surface area contributed by atoms with E-state index < -0.39 is 0 Å². The molecule has 0 saturated heterocycles. The summed E-state index contributed by atoms with van der Waals surface area (Å²) in [5.74, 6) is 1.26. The summed E-state index contributed by atoms with van der Waals surface area (Å²) < 4.78 is 5.08. The molecule has 0 bridgehead atoms. The smallest absolute Gasteiger partial charge is 0.308 e. The van der Waals surface area contributed by atoms with Gasteiger partial charge in [0.05, 0.1) is 12.5 Å². The van der Waals surface area contributed by atoms with Crippen LogP contribution >= 0.6 is 11.8 Å². The largest absolute Gasteiger partial charge is 0.466 e. The van der Waals surface area contributed by atoms with Crippen molar-refractivity contribution >= 4 is 17.7 Å². The lowest BCUT2D eigenvalue weighted by molar-refractivity contribution is -0.149. The molecule has 1 aliphatic carbocycles.